The molecular formula is C21H20BNO4S. The summed E-state index contributed by atoms with van der Waals surface area (Å²) in [5.74, 6) is 0. The van der Waals surface area contributed by atoms with Crippen molar-refractivity contribution in [3.05, 3.63) is 89.2 Å². The fourth-order valence-electron chi connectivity index (χ4n) is 2.79. The van der Waals surface area contributed by atoms with Crippen LogP contribution < -0.4 is 5.46 Å². The van der Waals surface area contributed by atoms with Gasteiger partial charge in [-0.1, -0.05) is 42.5 Å². The Labute approximate surface area is 165 Å². The molecule has 1 heterocycles. The van der Waals surface area contributed by atoms with Crippen molar-refractivity contribution in [3.63, 3.8) is 0 Å². The maximum atomic E-state index is 11.7. The minimum absolute atomic E-state index is 0.248. The maximum absolute atomic E-state index is 11.7. The average molecular weight is 393 g/mol. The molecule has 3 aromatic rings. The molecule has 0 fully saturated rings. The molecule has 0 saturated heterocycles. The van der Waals surface area contributed by atoms with Gasteiger partial charge < -0.3 is 10.0 Å². The van der Waals surface area contributed by atoms with E-state index < -0.39 is 17.0 Å². The molecule has 0 unspecified atom stereocenters. The third kappa shape index (κ3) is 4.75. The minimum Gasteiger partial charge on any atom is -0.423 e. The summed E-state index contributed by atoms with van der Waals surface area (Å²) < 4.78 is 23.5. The Bertz CT molecular complexity index is 1110. The molecule has 0 atom stereocenters. The topological polar surface area (TPSA) is 87.5 Å². The Morgan fingerprint density at radius 3 is 2.32 bits per heavy atom. The number of nitrogens with zero attached hydrogens (tertiary/aromatic N) is 1. The lowest BCUT2D eigenvalue weighted by molar-refractivity contribution is 0.426. The quantitative estimate of drug-likeness (QED) is 0.512. The van der Waals surface area contributed by atoms with Crippen molar-refractivity contribution in [3.8, 4) is 0 Å². The Balaban J connectivity index is 2.13. The highest BCUT2D eigenvalue weighted by molar-refractivity contribution is 7.90. The van der Waals surface area contributed by atoms with Gasteiger partial charge in [-0.2, -0.15) is 0 Å². The molecule has 0 bridgehead atoms. The SMILES string of the molecule is Cc1ccc(C(=Cc2cccc(B(O)O)c2)c2ccc(S(C)(=O)=O)cc2)nc1. The van der Waals surface area contributed by atoms with Crippen LogP contribution >= 0.6 is 0 Å². The third-order valence-electron chi connectivity index (χ3n) is 4.30. The number of sulfone groups is 1. The van der Waals surface area contributed by atoms with E-state index >= 15 is 0 Å². The maximum Gasteiger partial charge on any atom is 0.488 e. The predicted octanol–water partition coefficient (Wildman–Crippen LogP) is 2.06. The molecule has 28 heavy (non-hydrogen) atoms. The highest BCUT2D eigenvalue weighted by atomic mass is 32.2. The predicted molar refractivity (Wildman–Crippen MR) is 112 cm³/mol. The largest absolute Gasteiger partial charge is 0.488 e. The van der Waals surface area contributed by atoms with E-state index in [-0.39, 0.29) is 4.90 Å². The lowest BCUT2D eigenvalue weighted by atomic mass is 9.79. The van der Waals surface area contributed by atoms with Crippen molar-refractivity contribution >= 4 is 34.1 Å². The molecule has 0 saturated carbocycles. The number of pyridine rings is 1. The second-order valence-electron chi connectivity index (χ2n) is 6.62. The van der Waals surface area contributed by atoms with Crippen LogP contribution in [0.5, 0.6) is 0 Å². The molecule has 2 aromatic carbocycles. The first-order valence-corrected chi connectivity index (χ1v) is 10.5. The van der Waals surface area contributed by atoms with Crippen LogP contribution in [-0.4, -0.2) is 36.8 Å². The molecule has 0 amide bonds. The van der Waals surface area contributed by atoms with Gasteiger partial charge in [0, 0.05) is 18.0 Å². The summed E-state index contributed by atoms with van der Waals surface area (Å²) in [6.07, 6.45) is 4.83. The summed E-state index contributed by atoms with van der Waals surface area (Å²) in [5, 5.41) is 18.8. The summed E-state index contributed by atoms with van der Waals surface area (Å²) in [7, 11) is -4.83. The molecular weight excluding hydrogens is 373 g/mol. The normalized spacial score (nSPS) is 12.1. The van der Waals surface area contributed by atoms with Gasteiger partial charge in [0.1, 0.15) is 0 Å². The molecule has 0 radical (unpaired) electrons. The van der Waals surface area contributed by atoms with Crippen LogP contribution in [0.3, 0.4) is 0 Å². The molecule has 142 valence electrons. The van der Waals surface area contributed by atoms with Crippen LogP contribution in [0.1, 0.15) is 22.4 Å². The Hall–Kier alpha value is -2.74. The summed E-state index contributed by atoms with van der Waals surface area (Å²) in [5.41, 5.74) is 4.52. The summed E-state index contributed by atoms with van der Waals surface area (Å²) >= 11 is 0. The Kier molecular flexibility index (Phi) is 5.79. The molecule has 7 heteroatoms. The fraction of sp³-hybridized carbons (Fsp3) is 0.0952. The minimum atomic E-state index is -3.28. The van der Waals surface area contributed by atoms with Crippen LogP contribution in [-0.2, 0) is 9.84 Å². The highest BCUT2D eigenvalue weighted by Crippen LogP contribution is 2.26. The molecule has 0 aliphatic heterocycles. The van der Waals surface area contributed by atoms with E-state index in [1.165, 1.54) is 6.26 Å². The summed E-state index contributed by atoms with van der Waals surface area (Å²) in [6.45, 7) is 1.95. The fourth-order valence-corrected chi connectivity index (χ4v) is 3.42. The smallest absolute Gasteiger partial charge is 0.423 e. The van der Waals surface area contributed by atoms with Gasteiger partial charge in [-0.15, -0.1) is 0 Å². The monoisotopic (exact) mass is 393 g/mol. The number of rotatable bonds is 5. The lowest BCUT2D eigenvalue weighted by Crippen LogP contribution is -2.29. The second kappa shape index (κ2) is 8.10. The molecule has 0 aliphatic rings. The van der Waals surface area contributed by atoms with Crippen molar-refractivity contribution in [2.24, 2.45) is 0 Å². The van der Waals surface area contributed by atoms with E-state index in [2.05, 4.69) is 4.98 Å². The molecule has 1 aromatic heterocycles. The molecule has 0 spiro atoms. The lowest BCUT2D eigenvalue weighted by Gasteiger charge is -2.10. The first kappa shape index (κ1) is 20.0. The van der Waals surface area contributed by atoms with E-state index in [1.807, 2.05) is 31.2 Å². The van der Waals surface area contributed by atoms with Gasteiger partial charge in [0.2, 0.25) is 0 Å². The third-order valence-corrected chi connectivity index (χ3v) is 5.43. The van der Waals surface area contributed by atoms with Crippen molar-refractivity contribution in [1.82, 2.24) is 4.98 Å². The van der Waals surface area contributed by atoms with E-state index in [9.17, 15) is 18.5 Å². The first-order valence-electron chi connectivity index (χ1n) is 8.65. The summed E-state index contributed by atoms with van der Waals surface area (Å²) in [4.78, 5) is 4.74. The van der Waals surface area contributed by atoms with Crippen LogP contribution in [0, 0.1) is 6.92 Å². The van der Waals surface area contributed by atoms with Crippen LogP contribution in [0.4, 0.5) is 0 Å². The number of hydrogen-bond donors (Lipinski definition) is 2. The molecule has 2 N–H and O–H groups in total. The number of benzene rings is 2. The zero-order chi connectivity index (χ0) is 20.3. The average Bonchev–Trinajstić information content (AvgIpc) is 2.66. The molecule has 5 nitrogen and oxygen atoms in total. The van der Waals surface area contributed by atoms with E-state index in [1.54, 1.807) is 48.7 Å². The standard InChI is InChI=1S/C21H20BNO4S/c1-15-6-11-21(23-14-15)20(13-16-4-3-5-18(12-16)22(24)25)17-7-9-19(10-8-17)28(2,26)27/h3-14,24-25H,1-2H3. The summed E-state index contributed by atoms with van der Waals surface area (Å²) in [6, 6.07) is 17.4. The van der Waals surface area contributed by atoms with Gasteiger partial charge in [0.15, 0.2) is 9.84 Å². The van der Waals surface area contributed by atoms with Gasteiger partial charge >= 0.3 is 7.12 Å². The Morgan fingerprint density at radius 2 is 1.75 bits per heavy atom. The van der Waals surface area contributed by atoms with Gasteiger partial charge in [0.25, 0.3) is 0 Å². The highest BCUT2D eigenvalue weighted by Gasteiger charge is 2.13. The van der Waals surface area contributed by atoms with Gasteiger partial charge in [-0.05, 0) is 53.4 Å². The van der Waals surface area contributed by atoms with Gasteiger partial charge in [-0.3, -0.25) is 4.98 Å². The number of aryl methyl sites for hydroxylation is 1. The molecule has 3 rings (SSSR count). The van der Waals surface area contributed by atoms with Crippen molar-refractivity contribution in [1.29, 1.82) is 0 Å². The first-order chi connectivity index (χ1) is 13.2. The van der Waals surface area contributed by atoms with Crippen LogP contribution in [0.15, 0.2) is 71.8 Å². The van der Waals surface area contributed by atoms with Crippen molar-refractivity contribution < 1.29 is 18.5 Å². The second-order valence-corrected chi connectivity index (χ2v) is 8.63. The van der Waals surface area contributed by atoms with E-state index in [0.29, 0.717) is 5.46 Å². The Morgan fingerprint density at radius 1 is 1.04 bits per heavy atom. The van der Waals surface area contributed by atoms with Crippen molar-refractivity contribution in [2.75, 3.05) is 6.26 Å². The number of hydrogen-bond acceptors (Lipinski definition) is 5. The van der Waals surface area contributed by atoms with E-state index in [0.717, 1.165) is 28.0 Å². The van der Waals surface area contributed by atoms with Gasteiger partial charge in [0.05, 0.1) is 10.6 Å². The van der Waals surface area contributed by atoms with Crippen molar-refractivity contribution in [2.45, 2.75) is 11.8 Å². The molecule has 0 aliphatic carbocycles. The number of aromatic nitrogens is 1. The zero-order valence-electron chi connectivity index (χ0n) is 15.6. The van der Waals surface area contributed by atoms with E-state index in [4.69, 9.17) is 0 Å². The zero-order valence-corrected chi connectivity index (χ0v) is 16.4. The van der Waals surface area contributed by atoms with Gasteiger partial charge in [-0.25, -0.2) is 8.42 Å². The van der Waals surface area contributed by atoms with Crippen LogP contribution in [0.2, 0.25) is 0 Å². The van der Waals surface area contributed by atoms with Crippen LogP contribution in [0.25, 0.3) is 11.6 Å².